The smallest absolute Gasteiger partial charge is 0.410 e. The molecule has 3 rings (SSSR count). The summed E-state index contributed by atoms with van der Waals surface area (Å²) >= 11 is 3.48. The fourth-order valence-corrected chi connectivity index (χ4v) is 3.73. The van der Waals surface area contributed by atoms with Crippen LogP contribution in [-0.4, -0.2) is 53.1 Å². The van der Waals surface area contributed by atoms with Crippen LogP contribution in [0.4, 0.5) is 4.79 Å². The molecule has 142 valence electrons. The average Bonchev–Trinajstić information content (AvgIpc) is 2.72. The van der Waals surface area contributed by atoms with Gasteiger partial charge in [-0.3, -0.25) is 4.79 Å². The summed E-state index contributed by atoms with van der Waals surface area (Å²) in [5.74, 6) is 0.753. The molecule has 2 aliphatic rings. The molecule has 1 aromatic carbocycles. The molecule has 2 aliphatic heterocycles. The van der Waals surface area contributed by atoms with E-state index in [1.54, 1.807) is 4.90 Å². The van der Waals surface area contributed by atoms with Gasteiger partial charge < -0.3 is 19.3 Å². The lowest BCUT2D eigenvalue weighted by Crippen LogP contribution is -2.49. The van der Waals surface area contributed by atoms with Crippen molar-refractivity contribution >= 4 is 27.9 Å². The molecular formula is C19H25BrN2O4. The summed E-state index contributed by atoms with van der Waals surface area (Å²) in [7, 11) is 0. The number of fused-ring (bicyclic) bond motifs is 1. The van der Waals surface area contributed by atoms with Crippen molar-refractivity contribution < 1.29 is 19.1 Å². The summed E-state index contributed by atoms with van der Waals surface area (Å²) in [6, 6.07) is 5.91. The molecule has 0 unspecified atom stereocenters. The molecule has 7 heteroatoms. The summed E-state index contributed by atoms with van der Waals surface area (Å²) in [6.07, 6.45) is 1.21. The van der Waals surface area contributed by atoms with Crippen molar-refractivity contribution in [3.05, 3.63) is 28.2 Å². The number of piperidine rings is 1. The van der Waals surface area contributed by atoms with Gasteiger partial charge in [-0.2, -0.15) is 0 Å². The molecule has 0 saturated carbocycles. The second-order valence-electron chi connectivity index (χ2n) is 7.76. The van der Waals surface area contributed by atoms with Crippen LogP contribution in [0.3, 0.4) is 0 Å². The fraction of sp³-hybridized carbons (Fsp3) is 0.579. The SMILES string of the molecule is CC(C)(C)OC(=O)N1CCC(N2Cc3cc(Br)ccc3OCC2=O)CC1. The lowest BCUT2D eigenvalue weighted by Gasteiger charge is -2.38. The molecular weight excluding hydrogens is 400 g/mol. The van der Waals surface area contributed by atoms with E-state index in [1.807, 2.05) is 43.9 Å². The van der Waals surface area contributed by atoms with Crippen LogP contribution in [-0.2, 0) is 16.1 Å². The Morgan fingerprint density at radius 1 is 1.27 bits per heavy atom. The first-order chi connectivity index (χ1) is 12.2. The maximum atomic E-state index is 12.6. The fourth-order valence-electron chi connectivity index (χ4n) is 3.33. The van der Waals surface area contributed by atoms with Crippen LogP contribution < -0.4 is 4.74 Å². The van der Waals surface area contributed by atoms with Gasteiger partial charge in [-0.05, 0) is 51.8 Å². The molecule has 0 aliphatic carbocycles. The Hall–Kier alpha value is -1.76. The highest BCUT2D eigenvalue weighted by molar-refractivity contribution is 9.10. The predicted molar refractivity (Wildman–Crippen MR) is 101 cm³/mol. The van der Waals surface area contributed by atoms with E-state index in [2.05, 4.69) is 15.9 Å². The van der Waals surface area contributed by atoms with Crippen molar-refractivity contribution in [1.82, 2.24) is 9.80 Å². The van der Waals surface area contributed by atoms with E-state index in [9.17, 15) is 9.59 Å². The average molecular weight is 425 g/mol. The molecule has 2 amide bonds. The van der Waals surface area contributed by atoms with Crippen LogP contribution >= 0.6 is 15.9 Å². The topological polar surface area (TPSA) is 59.1 Å². The van der Waals surface area contributed by atoms with E-state index in [0.717, 1.165) is 28.6 Å². The monoisotopic (exact) mass is 424 g/mol. The highest BCUT2D eigenvalue weighted by Gasteiger charge is 2.33. The summed E-state index contributed by atoms with van der Waals surface area (Å²) in [4.78, 5) is 28.4. The number of rotatable bonds is 1. The highest BCUT2D eigenvalue weighted by atomic mass is 79.9. The van der Waals surface area contributed by atoms with Gasteiger partial charge >= 0.3 is 6.09 Å². The lowest BCUT2D eigenvalue weighted by atomic mass is 10.0. The number of hydrogen-bond donors (Lipinski definition) is 0. The zero-order valence-electron chi connectivity index (χ0n) is 15.5. The summed E-state index contributed by atoms with van der Waals surface area (Å²) in [5.41, 5.74) is 0.503. The zero-order chi connectivity index (χ0) is 18.9. The molecule has 2 heterocycles. The molecule has 0 spiro atoms. The van der Waals surface area contributed by atoms with Gasteiger partial charge in [0.25, 0.3) is 5.91 Å². The Bertz CT molecular complexity index is 693. The maximum absolute atomic E-state index is 12.6. The van der Waals surface area contributed by atoms with Crippen molar-refractivity contribution in [1.29, 1.82) is 0 Å². The molecule has 0 aromatic heterocycles. The van der Waals surface area contributed by atoms with Crippen molar-refractivity contribution in [2.45, 2.75) is 51.8 Å². The number of hydrogen-bond acceptors (Lipinski definition) is 4. The second kappa shape index (κ2) is 7.47. The number of halogens is 1. The third-order valence-corrected chi connectivity index (χ3v) is 5.08. The number of amides is 2. The Morgan fingerprint density at radius 3 is 2.62 bits per heavy atom. The third-order valence-electron chi connectivity index (χ3n) is 4.59. The minimum Gasteiger partial charge on any atom is -0.483 e. The molecule has 26 heavy (non-hydrogen) atoms. The van der Waals surface area contributed by atoms with Gasteiger partial charge in [0.2, 0.25) is 0 Å². The lowest BCUT2D eigenvalue weighted by molar-refractivity contribution is -0.136. The molecule has 0 atom stereocenters. The van der Waals surface area contributed by atoms with E-state index in [4.69, 9.17) is 9.47 Å². The summed E-state index contributed by atoms with van der Waals surface area (Å²) in [6.45, 7) is 7.37. The quantitative estimate of drug-likeness (QED) is 0.691. The molecule has 1 fully saturated rings. The largest absolute Gasteiger partial charge is 0.483 e. The minimum atomic E-state index is -0.497. The first-order valence-corrected chi connectivity index (χ1v) is 9.71. The molecule has 0 bridgehead atoms. The Labute approximate surface area is 162 Å². The van der Waals surface area contributed by atoms with Crippen molar-refractivity contribution in [3.63, 3.8) is 0 Å². The van der Waals surface area contributed by atoms with Crippen LogP contribution in [0.15, 0.2) is 22.7 Å². The van der Waals surface area contributed by atoms with Gasteiger partial charge in [0.1, 0.15) is 11.4 Å². The molecule has 1 aromatic rings. The predicted octanol–water partition coefficient (Wildman–Crippen LogP) is 3.57. The van der Waals surface area contributed by atoms with Gasteiger partial charge in [-0.1, -0.05) is 15.9 Å². The van der Waals surface area contributed by atoms with Crippen LogP contribution in [0, 0.1) is 0 Å². The minimum absolute atomic E-state index is 0.00644. The van der Waals surface area contributed by atoms with Crippen LogP contribution in [0.2, 0.25) is 0 Å². The van der Waals surface area contributed by atoms with E-state index in [0.29, 0.717) is 19.6 Å². The van der Waals surface area contributed by atoms with Gasteiger partial charge in [0, 0.05) is 35.7 Å². The normalized spacial score (nSPS) is 18.8. The van der Waals surface area contributed by atoms with E-state index in [-0.39, 0.29) is 24.6 Å². The van der Waals surface area contributed by atoms with Crippen molar-refractivity contribution in [2.75, 3.05) is 19.7 Å². The van der Waals surface area contributed by atoms with Crippen molar-refractivity contribution in [3.8, 4) is 5.75 Å². The Morgan fingerprint density at radius 2 is 1.96 bits per heavy atom. The standard InChI is InChI=1S/C19H25BrN2O4/c1-19(2,3)26-18(24)21-8-6-15(7-9-21)22-11-13-10-14(20)4-5-16(13)25-12-17(22)23/h4-5,10,15H,6-9,11-12H2,1-3H3. The van der Waals surface area contributed by atoms with Gasteiger partial charge in [-0.25, -0.2) is 4.79 Å². The third kappa shape index (κ3) is 4.50. The number of likely N-dealkylation sites (tertiary alicyclic amines) is 1. The number of carbonyl (C=O) groups excluding carboxylic acids is 2. The van der Waals surface area contributed by atoms with Crippen LogP contribution in [0.1, 0.15) is 39.2 Å². The number of nitrogens with zero attached hydrogens (tertiary/aromatic N) is 2. The molecule has 0 N–H and O–H groups in total. The first kappa shape index (κ1) is 19.0. The molecule has 0 radical (unpaired) electrons. The summed E-state index contributed by atoms with van der Waals surface area (Å²) < 4.78 is 12.1. The Kier molecular flexibility index (Phi) is 5.46. The zero-order valence-corrected chi connectivity index (χ0v) is 17.0. The highest BCUT2D eigenvalue weighted by Crippen LogP contribution is 2.29. The number of carbonyl (C=O) groups is 2. The van der Waals surface area contributed by atoms with Gasteiger partial charge in [-0.15, -0.1) is 0 Å². The maximum Gasteiger partial charge on any atom is 0.410 e. The van der Waals surface area contributed by atoms with E-state index < -0.39 is 5.60 Å². The van der Waals surface area contributed by atoms with Gasteiger partial charge in [0.15, 0.2) is 6.61 Å². The number of benzene rings is 1. The number of ether oxygens (including phenoxy) is 2. The van der Waals surface area contributed by atoms with E-state index >= 15 is 0 Å². The first-order valence-electron chi connectivity index (χ1n) is 8.91. The second-order valence-corrected chi connectivity index (χ2v) is 8.68. The molecule has 6 nitrogen and oxygen atoms in total. The van der Waals surface area contributed by atoms with Crippen LogP contribution in [0.5, 0.6) is 5.75 Å². The van der Waals surface area contributed by atoms with Gasteiger partial charge in [0.05, 0.1) is 0 Å². The van der Waals surface area contributed by atoms with Crippen molar-refractivity contribution in [2.24, 2.45) is 0 Å². The van der Waals surface area contributed by atoms with E-state index in [1.165, 1.54) is 0 Å². The summed E-state index contributed by atoms with van der Waals surface area (Å²) in [5, 5.41) is 0. The Balaban J connectivity index is 1.65. The van der Waals surface area contributed by atoms with Crippen LogP contribution in [0.25, 0.3) is 0 Å². The molecule has 1 saturated heterocycles.